The van der Waals surface area contributed by atoms with Gasteiger partial charge in [-0.1, -0.05) is 36.2 Å². The zero-order valence-electron chi connectivity index (χ0n) is 11.0. The van der Waals surface area contributed by atoms with E-state index in [4.69, 9.17) is 23.2 Å². The summed E-state index contributed by atoms with van der Waals surface area (Å²) >= 11 is 12.0. The smallest absolute Gasteiger partial charge is 0.0595 e. The van der Waals surface area contributed by atoms with E-state index in [1.54, 1.807) is 0 Å². The van der Waals surface area contributed by atoms with E-state index in [-0.39, 0.29) is 6.04 Å². The first-order valence-corrected chi connectivity index (χ1v) is 7.01. The van der Waals surface area contributed by atoms with E-state index in [1.165, 1.54) is 5.56 Å². The molecule has 2 rings (SSSR count). The van der Waals surface area contributed by atoms with Crippen LogP contribution < -0.4 is 5.32 Å². The predicted molar refractivity (Wildman–Crippen MR) is 79.8 cm³/mol. The van der Waals surface area contributed by atoms with E-state index in [9.17, 15) is 0 Å². The molecule has 102 valence electrons. The SMILES string of the molecule is CCNC(Cc1cnn(C)c1)c1ccc(Cl)c(Cl)c1. The largest absolute Gasteiger partial charge is 0.310 e. The van der Waals surface area contributed by atoms with E-state index in [1.807, 2.05) is 42.3 Å². The Bertz CT molecular complexity index is 551. The molecule has 2 aromatic rings. The van der Waals surface area contributed by atoms with Crippen molar-refractivity contribution in [3.8, 4) is 0 Å². The molecule has 0 aliphatic heterocycles. The number of nitrogens with zero attached hydrogens (tertiary/aromatic N) is 2. The molecule has 1 heterocycles. The van der Waals surface area contributed by atoms with Crippen LogP contribution in [-0.4, -0.2) is 16.3 Å². The van der Waals surface area contributed by atoms with Gasteiger partial charge in [0.1, 0.15) is 0 Å². The van der Waals surface area contributed by atoms with Gasteiger partial charge >= 0.3 is 0 Å². The molecule has 0 aliphatic rings. The first kappa shape index (κ1) is 14.4. The van der Waals surface area contributed by atoms with Crippen molar-refractivity contribution >= 4 is 23.2 Å². The summed E-state index contributed by atoms with van der Waals surface area (Å²) in [6.07, 6.45) is 4.80. The Morgan fingerprint density at radius 1 is 1.32 bits per heavy atom. The summed E-state index contributed by atoms with van der Waals surface area (Å²) in [6, 6.07) is 5.99. The van der Waals surface area contributed by atoms with Gasteiger partial charge in [-0.05, 0) is 36.2 Å². The number of hydrogen-bond donors (Lipinski definition) is 1. The Kier molecular flexibility index (Phi) is 4.86. The lowest BCUT2D eigenvalue weighted by Gasteiger charge is -2.18. The van der Waals surface area contributed by atoms with Gasteiger partial charge in [0.15, 0.2) is 0 Å². The van der Waals surface area contributed by atoms with Gasteiger partial charge < -0.3 is 5.32 Å². The zero-order valence-corrected chi connectivity index (χ0v) is 12.5. The van der Waals surface area contributed by atoms with E-state index in [2.05, 4.69) is 17.3 Å². The van der Waals surface area contributed by atoms with Crippen LogP contribution >= 0.6 is 23.2 Å². The minimum Gasteiger partial charge on any atom is -0.310 e. The van der Waals surface area contributed by atoms with Crippen LogP contribution in [0.4, 0.5) is 0 Å². The maximum absolute atomic E-state index is 6.09. The van der Waals surface area contributed by atoms with Crippen LogP contribution in [-0.2, 0) is 13.5 Å². The molecule has 1 aromatic carbocycles. The number of benzene rings is 1. The van der Waals surface area contributed by atoms with Crippen molar-refractivity contribution in [2.24, 2.45) is 7.05 Å². The monoisotopic (exact) mass is 297 g/mol. The van der Waals surface area contributed by atoms with Gasteiger partial charge in [0.05, 0.1) is 16.2 Å². The summed E-state index contributed by atoms with van der Waals surface area (Å²) in [4.78, 5) is 0. The van der Waals surface area contributed by atoms with Gasteiger partial charge in [0.25, 0.3) is 0 Å². The Morgan fingerprint density at radius 2 is 2.11 bits per heavy atom. The molecule has 19 heavy (non-hydrogen) atoms. The van der Waals surface area contributed by atoms with Crippen molar-refractivity contribution in [3.05, 3.63) is 51.8 Å². The lowest BCUT2D eigenvalue weighted by Crippen LogP contribution is -2.22. The normalized spacial score (nSPS) is 12.6. The summed E-state index contributed by atoms with van der Waals surface area (Å²) < 4.78 is 1.81. The van der Waals surface area contributed by atoms with E-state index in [0.29, 0.717) is 10.0 Å². The second kappa shape index (κ2) is 6.42. The van der Waals surface area contributed by atoms with E-state index in [0.717, 1.165) is 18.5 Å². The van der Waals surface area contributed by atoms with Crippen LogP contribution in [0.15, 0.2) is 30.6 Å². The van der Waals surface area contributed by atoms with Crippen LogP contribution in [0.1, 0.15) is 24.1 Å². The Labute approximate surface area is 123 Å². The molecule has 0 amide bonds. The zero-order chi connectivity index (χ0) is 13.8. The van der Waals surface area contributed by atoms with Gasteiger partial charge in [-0.15, -0.1) is 0 Å². The molecule has 5 heteroatoms. The molecule has 1 unspecified atom stereocenters. The molecule has 0 aliphatic carbocycles. The first-order valence-electron chi connectivity index (χ1n) is 6.26. The number of nitrogens with one attached hydrogen (secondary N) is 1. The number of aryl methyl sites for hydroxylation is 1. The standard InChI is InChI=1S/C14H17Cl2N3/c1-3-17-14(6-10-8-18-19(2)9-10)11-4-5-12(15)13(16)7-11/h4-5,7-9,14,17H,3,6H2,1-2H3. The fraction of sp³-hybridized carbons (Fsp3) is 0.357. The molecule has 0 saturated heterocycles. The number of halogens is 2. The van der Waals surface area contributed by atoms with E-state index >= 15 is 0 Å². The highest BCUT2D eigenvalue weighted by molar-refractivity contribution is 6.42. The highest BCUT2D eigenvalue weighted by atomic mass is 35.5. The minimum atomic E-state index is 0.212. The molecule has 0 radical (unpaired) electrons. The summed E-state index contributed by atoms with van der Waals surface area (Å²) in [5.74, 6) is 0. The number of aromatic nitrogens is 2. The third kappa shape index (κ3) is 3.72. The van der Waals surface area contributed by atoms with Crippen LogP contribution in [0.25, 0.3) is 0 Å². The Balaban J connectivity index is 2.21. The maximum atomic E-state index is 6.09. The van der Waals surface area contributed by atoms with Crippen LogP contribution in [0.3, 0.4) is 0 Å². The van der Waals surface area contributed by atoms with Crippen molar-refractivity contribution in [3.63, 3.8) is 0 Å². The molecule has 0 spiro atoms. The van der Waals surface area contributed by atoms with Crippen LogP contribution in [0.2, 0.25) is 10.0 Å². The second-order valence-electron chi connectivity index (χ2n) is 4.51. The molecular weight excluding hydrogens is 281 g/mol. The molecule has 0 bridgehead atoms. The molecule has 0 saturated carbocycles. The highest BCUT2D eigenvalue weighted by Crippen LogP contribution is 2.27. The second-order valence-corrected chi connectivity index (χ2v) is 5.32. The van der Waals surface area contributed by atoms with Gasteiger partial charge in [-0.25, -0.2) is 0 Å². The fourth-order valence-electron chi connectivity index (χ4n) is 2.10. The average molecular weight is 298 g/mol. The van der Waals surface area contributed by atoms with Gasteiger partial charge in [-0.2, -0.15) is 5.10 Å². The molecule has 1 N–H and O–H groups in total. The summed E-state index contributed by atoms with van der Waals surface area (Å²) in [6.45, 7) is 2.99. The number of likely N-dealkylation sites (N-methyl/N-ethyl adjacent to an activating group) is 1. The highest BCUT2D eigenvalue weighted by Gasteiger charge is 2.13. The topological polar surface area (TPSA) is 29.9 Å². The van der Waals surface area contributed by atoms with Crippen molar-refractivity contribution < 1.29 is 0 Å². The Hall–Kier alpha value is -1.03. The van der Waals surface area contributed by atoms with Gasteiger partial charge in [-0.3, -0.25) is 4.68 Å². The number of hydrogen-bond acceptors (Lipinski definition) is 2. The fourth-order valence-corrected chi connectivity index (χ4v) is 2.40. The molecule has 1 aromatic heterocycles. The van der Waals surface area contributed by atoms with Gasteiger partial charge in [0, 0.05) is 19.3 Å². The summed E-state index contributed by atoms with van der Waals surface area (Å²) in [7, 11) is 1.92. The first-order chi connectivity index (χ1) is 9.10. The summed E-state index contributed by atoms with van der Waals surface area (Å²) in [5.41, 5.74) is 2.33. The van der Waals surface area contributed by atoms with Crippen LogP contribution in [0, 0.1) is 0 Å². The maximum Gasteiger partial charge on any atom is 0.0595 e. The quantitative estimate of drug-likeness (QED) is 0.913. The molecule has 1 atom stereocenters. The van der Waals surface area contributed by atoms with Crippen LogP contribution in [0.5, 0.6) is 0 Å². The van der Waals surface area contributed by atoms with E-state index < -0.39 is 0 Å². The van der Waals surface area contributed by atoms with Crippen molar-refractivity contribution in [1.82, 2.24) is 15.1 Å². The molecule has 3 nitrogen and oxygen atoms in total. The third-order valence-corrected chi connectivity index (χ3v) is 3.73. The summed E-state index contributed by atoms with van der Waals surface area (Å²) in [5, 5.41) is 8.84. The Morgan fingerprint density at radius 3 is 2.68 bits per heavy atom. The minimum absolute atomic E-state index is 0.212. The van der Waals surface area contributed by atoms with Crippen molar-refractivity contribution in [1.29, 1.82) is 0 Å². The average Bonchev–Trinajstić information content (AvgIpc) is 2.78. The number of rotatable bonds is 5. The van der Waals surface area contributed by atoms with Gasteiger partial charge in [0.2, 0.25) is 0 Å². The molecule has 0 fully saturated rings. The lowest BCUT2D eigenvalue weighted by atomic mass is 10.0. The predicted octanol–water partition coefficient (Wildman–Crippen LogP) is 3.62. The van der Waals surface area contributed by atoms with Crippen molar-refractivity contribution in [2.75, 3.05) is 6.54 Å². The third-order valence-electron chi connectivity index (χ3n) is 2.99. The lowest BCUT2D eigenvalue weighted by molar-refractivity contribution is 0.549. The van der Waals surface area contributed by atoms with Crippen molar-refractivity contribution in [2.45, 2.75) is 19.4 Å². The molecular formula is C14H17Cl2N3.